The van der Waals surface area contributed by atoms with Crippen molar-refractivity contribution in [3.8, 4) is 0 Å². The van der Waals surface area contributed by atoms with E-state index in [0.29, 0.717) is 11.1 Å². The Morgan fingerprint density at radius 1 is 0.917 bits per heavy atom. The Morgan fingerprint density at radius 3 is 1.67 bits per heavy atom. The standard InChI is InChI=1S/C8H8N2O2/c11-9-5-7-3-1-2-4-8(7)6-10-12/h1-6,11-12H. The Morgan fingerprint density at radius 2 is 1.33 bits per heavy atom. The molecule has 12 heavy (non-hydrogen) atoms. The summed E-state index contributed by atoms with van der Waals surface area (Å²) in [7, 11) is 0. The maximum Gasteiger partial charge on any atom is 0.0740 e. The number of hydrogen-bond acceptors (Lipinski definition) is 4. The second-order valence-corrected chi connectivity index (χ2v) is 2.12. The number of oxime groups is 2. The predicted molar refractivity (Wildman–Crippen MR) is 45.2 cm³/mol. The van der Waals surface area contributed by atoms with Crippen LogP contribution in [0.4, 0.5) is 0 Å². The fraction of sp³-hybridized carbons (Fsp3) is 0. The van der Waals surface area contributed by atoms with Crippen LogP contribution in [0.15, 0.2) is 34.6 Å². The van der Waals surface area contributed by atoms with Crippen LogP contribution in [-0.4, -0.2) is 22.8 Å². The van der Waals surface area contributed by atoms with Gasteiger partial charge in [-0.1, -0.05) is 34.6 Å². The summed E-state index contributed by atoms with van der Waals surface area (Å²) in [5.41, 5.74) is 1.38. The average Bonchev–Trinajstić information content (AvgIpc) is 2.09. The summed E-state index contributed by atoms with van der Waals surface area (Å²) in [5.74, 6) is 0. The van der Waals surface area contributed by atoms with Crippen LogP contribution in [-0.2, 0) is 0 Å². The molecule has 0 aliphatic rings. The summed E-state index contributed by atoms with van der Waals surface area (Å²) in [6.45, 7) is 0. The smallest absolute Gasteiger partial charge is 0.0740 e. The summed E-state index contributed by atoms with van der Waals surface area (Å²) in [5, 5.41) is 22.3. The molecule has 1 rings (SSSR count). The maximum atomic E-state index is 8.27. The second-order valence-electron chi connectivity index (χ2n) is 2.12. The van der Waals surface area contributed by atoms with Gasteiger partial charge < -0.3 is 10.4 Å². The van der Waals surface area contributed by atoms with E-state index in [9.17, 15) is 0 Å². The Balaban J connectivity index is 3.08. The molecule has 0 aliphatic carbocycles. The zero-order valence-electron chi connectivity index (χ0n) is 6.25. The molecule has 0 radical (unpaired) electrons. The first-order valence-corrected chi connectivity index (χ1v) is 3.32. The topological polar surface area (TPSA) is 65.2 Å². The molecule has 1 aromatic rings. The molecule has 0 unspecified atom stereocenters. The number of hydrogen-bond donors (Lipinski definition) is 2. The van der Waals surface area contributed by atoms with Gasteiger partial charge in [-0.25, -0.2) is 0 Å². The molecule has 0 atom stereocenters. The van der Waals surface area contributed by atoms with Crippen molar-refractivity contribution in [1.29, 1.82) is 0 Å². The van der Waals surface area contributed by atoms with Gasteiger partial charge in [0.05, 0.1) is 12.4 Å². The van der Waals surface area contributed by atoms with E-state index in [0.717, 1.165) is 0 Å². The van der Waals surface area contributed by atoms with Gasteiger partial charge in [0.1, 0.15) is 0 Å². The van der Waals surface area contributed by atoms with E-state index in [-0.39, 0.29) is 0 Å². The Labute approximate surface area is 69.4 Å². The lowest BCUT2D eigenvalue weighted by Gasteiger charge is -1.95. The van der Waals surface area contributed by atoms with Gasteiger partial charge in [0.15, 0.2) is 0 Å². The van der Waals surface area contributed by atoms with E-state index in [1.807, 2.05) is 0 Å². The normalized spacial score (nSPS) is 11.3. The highest BCUT2D eigenvalue weighted by Crippen LogP contribution is 2.02. The molecule has 0 saturated carbocycles. The molecule has 0 amide bonds. The highest BCUT2D eigenvalue weighted by molar-refractivity contribution is 5.93. The zero-order valence-corrected chi connectivity index (χ0v) is 6.25. The van der Waals surface area contributed by atoms with E-state index in [2.05, 4.69) is 10.3 Å². The summed E-state index contributed by atoms with van der Waals surface area (Å²) in [6, 6.07) is 7.09. The van der Waals surface area contributed by atoms with E-state index < -0.39 is 0 Å². The lowest BCUT2D eigenvalue weighted by Crippen LogP contribution is -1.90. The molecule has 0 heterocycles. The minimum atomic E-state index is 0.692. The third-order valence-corrected chi connectivity index (χ3v) is 1.39. The predicted octanol–water partition coefficient (Wildman–Crippen LogP) is 1.30. The van der Waals surface area contributed by atoms with Crippen LogP contribution in [0.5, 0.6) is 0 Å². The van der Waals surface area contributed by atoms with Crippen molar-refractivity contribution in [3.05, 3.63) is 35.4 Å². The van der Waals surface area contributed by atoms with Gasteiger partial charge in [0.25, 0.3) is 0 Å². The second kappa shape index (κ2) is 4.12. The van der Waals surface area contributed by atoms with Crippen LogP contribution in [0.2, 0.25) is 0 Å². The molecule has 4 heteroatoms. The van der Waals surface area contributed by atoms with E-state index in [1.165, 1.54) is 12.4 Å². The minimum Gasteiger partial charge on any atom is -0.411 e. The zero-order chi connectivity index (χ0) is 8.81. The molecule has 4 nitrogen and oxygen atoms in total. The van der Waals surface area contributed by atoms with Gasteiger partial charge in [-0.3, -0.25) is 0 Å². The van der Waals surface area contributed by atoms with Crippen molar-refractivity contribution >= 4 is 12.4 Å². The fourth-order valence-corrected chi connectivity index (χ4v) is 0.870. The maximum absolute atomic E-state index is 8.27. The van der Waals surface area contributed by atoms with Gasteiger partial charge in [0, 0.05) is 11.1 Å². The highest BCUT2D eigenvalue weighted by Gasteiger charge is 1.94. The number of nitrogens with zero attached hydrogens (tertiary/aromatic N) is 2. The molecule has 2 N–H and O–H groups in total. The fourth-order valence-electron chi connectivity index (χ4n) is 0.870. The molecule has 0 bridgehead atoms. The number of rotatable bonds is 2. The van der Waals surface area contributed by atoms with Crippen LogP contribution in [0.3, 0.4) is 0 Å². The highest BCUT2D eigenvalue weighted by atomic mass is 16.4. The quantitative estimate of drug-likeness (QED) is 0.393. The van der Waals surface area contributed by atoms with Crippen molar-refractivity contribution in [1.82, 2.24) is 0 Å². The molecule has 0 aromatic heterocycles. The van der Waals surface area contributed by atoms with Crippen molar-refractivity contribution in [2.75, 3.05) is 0 Å². The largest absolute Gasteiger partial charge is 0.411 e. The van der Waals surface area contributed by atoms with Crippen LogP contribution in [0.25, 0.3) is 0 Å². The summed E-state index contributed by atoms with van der Waals surface area (Å²) >= 11 is 0. The van der Waals surface area contributed by atoms with Crippen LogP contribution < -0.4 is 0 Å². The van der Waals surface area contributed by atoms with E-state index >= 15 is 0 Å². The Hall–Kier alpha value is -1.84. The van der Waals surface area contributed by atoms with Crippen molar-refractivity contribution in [2.24, 2.45) is 10.3 Å². The molecule has 0 spiro atoms. The summed E-state index contributed by atoms with van der Waals surface area (Å²) in [6.07, 6.45) is 2.55. The van der Waals surface area contributed by atoms with Gasteiger partial charge in [-0.2, -0.15) is 0 Å². The van der Waals surface area contributed by atoms with Crippen molar-refractivity contribution in [2.45, 2.75) is 0 Å². The Bertz CT molecular complexity index is 277. The molecular weight excluding hydrogens is 156 g/mol. The first-order valence-electron chi connectivity index (χ1n) is 3.32. The van der Waals surface area contributed by atoms with Crippen LogP contribution >= 0.6 is 0 Å². The average molecular weight is 164 g/mol. The minimum absolute atomic E-state index is 0.692. The summed E-state index contributed by atoms with van der Waals surface area (Å²) < 4.78 is 0. The third kappa shape index (κ3) is 1.82. The van der Waals surface area contributed by atoms with Crippen LogP contribution in [0, 0.1) is 0 Å². The molecular formula is C8H8N2O2. The van der Waals surface area contributed by atoms with Gasteiger partial charge in [-0.15, -0.1) is 0 Å². The lowest BCUT2D eigenvalue weighted by molar-refractivity contribution is 0.321. The first-order chi connectivity index (χ1) is 5.88. The summed E-state index contributed by atoms with van der Waals surface area (Å²) in [4.78, 5) is 0. The molecule has 0 saturated heterocycles. The third-order valence-electron chi connectivity index (χ3n) is 1.39. The number of benzene rings is 1. The van der Waals surface area contributed by atoms with Crippen LogP contribution in [0.1, 0.15) is 11.1 Å². The monoisotopic (exact) mass is 164 g/mol. The Kier molecular flexibility index (Phi) is 2.84. The van der Waals surface area contributed by atoms with Gasteiger partial charge in [-0.05, 0) is 0 Å². The molecule has 0 aliphatic heterocycles. The van der Waals surface area contributed by atoms with Crippen molar-refractivity contribution < 1.29 is 10.4 Å². The van der Waals surface area contributed by atoms with Gasteiger partial charge >= 0.3 is 0 Å². The lowest BCUT2D eigenvalue weighted by atomic mass is 10.1. The first kappa shape index (κ1) is 8.26. The van der Waals surface area contributed by atoms with Gasteiger partial charge in [0.2, 0.25) is 0 Å². The SMILES string of the molecule is ON=Cc1ccccc1C=NO. The van der Waals surface area contributed by atoms with Crippen molar-refractivity contribution in [3.63, 3.8) is 0 Å². The van der Waals surface area contributed by atoms with E-state index in [4.69, 9.17) is 10.4 Å². The molecule has 1 aromatic carbocycles. The van der Waals surface area contributed by atoms with E-state index in [1.54, 1.807) is 24.3 Å². The molecule has 0 fully saturated rings. The molecule has 62 valence electrons.